The second-order valence-electron chi connectivity index (χ2n) is 7.99. The van der Waals surface area contributed by atoms with Gasteiger partial charge in [-0.2, -0.15) is 0 Å². The molecule has 11 heteroatoms. The summed E-state index contributed by atoms with van der Waals surface area (Å²) in [5.74, 6) is -5.59. The number of aryl methyl sites for hydroxylation is 1. The topological polar surface area (TPSA) is 134 Å². The van der Waals surface area contributed by atoms with Crippen molar-refractivity contribution in [3.05, 3.63) is 99.8 Å². The van der Waals surface area contributed by atoms with E-state index in [-0.39, 0.29) is 24.2 Å². The lowest BCUT2D eigenvalue weighted by atomic mass is 9.92. The summed E-state index contributed by atoms with van der Waals surface area (Å²) in [6, 6.07) is 15.2. The summed E-state index contributed by atoms with van der Waals surface area (Å²) in [6.07, 6.45) is -1.56. The molecule has 0 radical (unpaired) electrons. The van der Waals surface area contributed by atoms with E-state index in [1.165, 1.54) is 24.3 Å². The Hall–Kier alpha value is -4.51. The Bertz CT molecular complexity index is 1470. The molecule has 3 N–H and O–H groups in total. The van der Waals surface area contributed by atoms with Crippen molar-refractivity contribution in [1.82, 2.24) is 15.0 Å². The van der Waals surface area contributed by atoms with Crippen LogP contribution in [0, 0.1) is 17.6 Å². The summed E-state index contributed by atoms with van der Waals surface area (Å²) in [5.41, 5.74) is -0.332. The van der Waals surface area contributed by atoms with Crippen LogP contribution >= 0.6 is 0 Å². The average Bonchev–Trinajstić information content (AvgIpc) is 2.85. The number of fused-ring (bicyclic) bond motifs is 1. The van der Waals surface area contributed by atoms with Gasteiger partial charge in [-0.1, -0.05) is 35.5 Å². The number of aromatic nitrogens is 3. The number of amides is 1. The fourth-order valence-corrected chi connectivity index (χ4v) is 3.75. The number of carbonyl (C=O) groups is 2. The number of aliphatic hydroxyl groups excluding tert-OH is 1. The van der Waals surface area contributed by atoms with Crippen LogP contribution < -0.4 is 10.9 Å². The van der Waals surface area contributed by atoms with Gasteiger partial charge in [-0.3, -0.25) is 14.4 Å². The molecule has 2 atom stereocenters. The Kier molecular flexibility index (Phi) is 7.11. The maximum absolute atomic E-state index is 13.8. The number of carboxylic acid groups (broad SMARTS) is 1. The minimum atomic E-state index is -1.44. The fourth-order valence-electron chi connectivity index (χ4n) is 3.75. The van der Waals surface area contributed by atoms with E-state index < -0.39 is 46.7 Å². The van der Waals surface area contributed by atoms with Crippen LogP contribution in [0.3, 0.4) is 0 Å². The van der Waals surface area contributed by atoms with Crippen LogP contribution in [0.15, 0.2) is 71.5 Å². The lowest BCUT2D eigenvalue weighted by Gasteiger charge is -2.20. The van der Waals surface area contributed by atoms with Crippen LogP contribution in [0.1, 0.15) is 28.4 Å². The minimum absolute atomic E-state index is 0.0902. The van der Waals surface area contributed by atoms with Gasteiger partial charge < -0.3 is 15.5 Å². The maximum atomic E-state index is 13.8. The van der Waals surface area contributed by atoms with Crippen molar-refractivity contribution >= 4 is 28.5 Å². The molecule has 4 rings (SSSR count). The number of halogens is 2. The summed E-state index contributed by atoms with van der Waals surface area (Å²) in [5, 5.41) is 30.9. The summed E-state index contributed by atoms with van der Waals surface area (Å²) in [7, 11) is 0. The average molecular weight is 494 g/mol. The molecule has 0 saturated heterocycles. The van der Waals surface area contributed by atoms with Gasteiger partial charge in [-0.15, -0.1) is 5.10 Å². The third kappa shape index (κ3) is 5.10. The highest BCUT2D eigenvalue weighted by Gasteiger charge is 2.28. The van der Waals surface area contributed by atoms with Crippen LogP contribution in [0.25, 0.3) is 10.9 Å². The molecule has 36 heavy (non-hydrogen) atoms. The summed E-state index contributed by atoms with van der Waals surface area (Å²) in [4.78, 5) is 36.7. The first kappa shape index (κ1) is 24.6. The van der Waals surface area contributed by atoms with E-state index in [9.17, 15) is 33.4 Å². The van der Waals surface area contributed by atoms with Crippen LogP contribution in [-0.4, -0.2) is 37.1 Å². The van der Waals surface area contributed by atoms with Gasteiger partial charge in [0.25, 0.3) is 11.5 Å². The molecule has 0 unspecified atom stereocenters. The SMILES string of the molecule is O=C(Nc1ccc([C@@H](O)[C@H](CCn2nnc3ccccc3c2=O)C(=O)O)cc1)c1c(F)cccc1F. The predicted octanol–water partition coefficient (Wildman–Crippen LogP) is 3.15. The highest BCUT2D eigenvalue weighted by atomic mass is 19.1. The lowest BCUT2D eigenvalue weighted by molar-refractivity contribution is -0.146. The maximum Gasteiger partial charge on any atom is 0.309 e. The van der Waals surface area contributed by atoms with Gasteiger partial charge in [0.15, 0.2) is 0 Å². The Labute approximate surface area is 202 Å². The van der Waals surface area contributed by atoms with Crippen molar-refractivity contribution in [2.45, 2.75) is 19.1 Å². The zero-order chi connectivity index (χ0) is 25.8. The summed E-state index contributed by atoms with van der Waals surface area (Å²) < 4.78 is 28.7. The van der Waals surface area contributed by atoms with Gasteiger partial charge in [-0.05, 0) is 48.4 Å². The first-order valence-electron chi connectivity index (χ1n) is 10.8. The molecule has 1 aromatic heterocycles. The number of aliphatic hydroxyl groups is 1. The Morgan fingerprint density at radius 2 is 1.64 bits per heavy atom. The Morgan fingerprint density at radius 1 is 0.972 bits per heavy atom. The van der Waals surface area contributed by atoms with E-state index in [4.69, 9.17) is 0 Å². The van der Waals surface area contributed by atoms with Gasteiger partial charge >= 0.3 is 5.97 Å². The molecule has 1 amide bonds. The number of rotatable bonds is 8. The lowest BCUT2D eigenvalue weighted by Crippen LogP contribution is -2.29. The monoisotopic (exact) mass is 494 g/mol. The minimum Gasteiger partial charge on any atom is -0.481 e. The Balaban J connectivity index is 1.46. The van der Waals surface area contributed by atoms with Crippen molar-refractivity contribution in [3.8, 4) is 0 Å². The number of nitrogens with one attached hydrogen (secondary N) is 1. The van der Waals surface area contributed by atoms with E-state index >= 15 is 0 Å². The number of carboxylic acids is 1. The van der Waals surface area contributed by atoms with Crippen molar-refractivity contribution in [2.75, 3.05) is 5.32 Å². The number of hydrogen-bond acceptors (Lipinski definition) is 6. The molecule has 9 nitrogen and oxygen atoms in total. The number of hydrogen-bond donors (Lipinski definition) is 3. The molecule has 1 heterocycles. The number of carbonyl (C=O) groups excluding carboxylic acids is 1. The quantitative estimate of drug-likeness (QED) is 0.343. The highest BCUT2D eigenvalue weighted by Crippen LogP contribution is 2.27. The second-order valence-corrected chi connectivity index (χ2v) is 7.99. The molecule has 0 saturated carbocycles. The Morgan fingerprint density at radius 3 is 2.31 bits per heavy atom. The van der Waals surface area contributed by atoms with Gasteiger partial charge in [-0.25, -0.2) is 13.5 Å². The molecule has 184 valence electrons. The number of nitrogens with zero attached hydrogens (tertiary/aromatic N) is 3. The van der Waals surface area contributed by atoms with Crippen molar-refractivity contribution in [2.24, 2.45) is 5.92 Å². The molecule has 3 aromatic carbocycles. The predicted molar refractivity (Wildman–Crippen MR) is 125 cm³/mol. The number of aliphatic carboxylic acids is 1. The molecular weight excluding hydrogens is 474 g/mol. The van der Waals surface area contributed by atoms with E-state index in [0.717, 1.165) is 22.9 Å². The van der Waals surface area contributed by atoms with Crippen LogP contribution in [0.2, 0.25) is 0 Å². The largest absolute Gasteiger partial charge is 0.481 e. The normalized spacial score (nSPS) is 12.8. The van der Waals surface area contributed by atoms with Crippen molar-refractivity contribution in [3.63, 3.8) is 0 Å². The third-order valence-corrected chi connectivity index (χ3v) is 5.68. The molecular formula is C25H20F2N4O5. The molecule has 0 spiro atoms. The zero-order valence-electron chi connectivity index (χ0n) is 18.6. The molecule has 0 aliphatic carbocycles. The summed E-state index contributed by atoms with van der Waals surface area (Å²) in [6.45, 7) is -0.0902. The molecule has 0 aliphatic rings. The van der Waals surface area contributed by atoms with Gasteiger partial charge in [0.1, 0.15) is 22.7 Å². The van der Waals surface area contributed by atoms with Crippen LogP contribution in [0.5, 0.6) is 0 Å². The van der Waals surface area contributed by atoms with Gasteiger partial charge in [0.2, 0.25) is 0 Å². The van der Waals surface area contributed by atoms with E-state index in [0.29, 0.717) is 10.9 Å². The third-order valence-electron chi connectivity index (χ3n) is 5.68. The smallest absolute Gasteiger partial charge is 0.309 e. The highest BCUT2D eigenvalue weighted by molar-refractivity contribution is 6.04. The molecule has 0 aliphatic heterocycles. The standard InChI is InChI=1S/C25H20F2N4O5/c26-18-5-3-6-19(27)21(18)23(33)28-15-10-8-14(9-11-15)22(32)17(25(35)36)12-13-31-24(34)16-4-1-2-7-20(16)29-30-31/h1-11,17,22,32H,12-13H2,(H,28,33)(H,35,36)/t17-,22+/m0/s1. The first-order chi connectivity index (χ1) is 17.3. The number of benzene rings is 3. The molecule has 0 bridgehead atoms. The molecule has 4 aromatic rings. The van der Waals surface area contributed by atoms with E-state index in [2.05, 4.69) is 15.6 Å². The van der Waals surface area contributed by atoms with Crippen molar-refractivity contribution < 1.29 is 28.6 Å². The second kappa shape index (κ2) is 10.4. The van der Waals surface area contributed by atoms with Crippen LogP contribution in [0.4, 0.5) is 14.5 Å². The number of anilines is 1. The van der Waals surface area contributed by atoms with E-state index in [1.54, 1.807) is 24.3 Å². The van der Waals surface area contributed by atoms with Crippen LogP contribution in [-0.2, 0) is 11.3 Å². The van der Waals surface area contributed by atoms with Gasteiger partial charge in [0.05, 0.1) is 17.4 Å². The summed E-state index contributed by atoms with van der Waals surface area (Å²) >= 11 is 0. The van der Waals surface area contributed by atoms with E-state index in [1.807, 2.05) is 0 Å². The van der Waals surface area contributed by atoms with Gasteiger partial charge in [0, 0.05) is 12.2 Å². The zero-order valence-corrected chi connectivity index (χ0v) is 18.6. The fraction of sp³-hybridized carbons (Fsp3) is 0.160. The molecule has 0 fully saturated rings. The van der Waals surface area contributed by atoms with Crippen molar-refractivity contribution in [1.29, 1.82) is 0 Å². The first-order valence-corrected chi connectivity index (χ1v) is 10.8.